The van der Waals surface area contributed by atoms with Crippen molar-refractivity contribution in [3.05, 3.63) is 69.8 Å². The van der Waals surface area contributed by atoms with E-state index in [4.69, 9.17) is 42.6 Å². The molecule has 103 heavy (non-hydrogen) atoms. The Balaban J connectivity index is 0.000000134. The Labute approximate surface area is 622 Å². The number of benzene rings is 3. The van der Waals surface area contributed by atoms with Crippen molar-refractivity contribution in [1.29, 1.82) is 0 Å². The summed E-state index contributed by atoms with van der Waals surface area (Å²) in [5, 5.41) is 156. The van der Waals surface area contributed by atoms with Crippen LogP contribution >= 0.6 is 40.0 Å². The first-order valence-corrected chi connectivity index (χ1v) is 43.6. The number of hydrogen-bond donors (Lipinski definition) is 16. The SMILES string of the molecule is C.C.CN1CCC23c4c5ccc(OC6O[C@H](C(=O)O)[C@@H](O)[C@H](O)[C@H]6O)c4O[C@H]2[C@H](O)CC[C@H]3C1C5.CN1CCC23c4c5ccc(OC6O[C@H](C(=O)O)[C@@H](O)[C@H](O)[C@H]6O)c4O[C@H]2[C@H](O)CC[C@H]3C1C5.O=C(O)[C@H]1OC(Oc2ccc3c4c2O[C@H]2[C@H](O)CC[C@H]5C(C3)NCCC452)[C@H](O)[C@@H](O)[C@@H]1O.[I][V][I]. The number of likely N-dealkylation sites (N-methyl/N-ethyl adjacent to an activating group) is 2. The van der Waals surface area contributed by atoms with Gasteiger partial charge in [0, 0.05) is 51.1 Å². The molecule has 33 heteroatoms. The van der Waals surface area contributed by atoms with Crippen LogP contribution in [0.15, 0.2) is 36.4 Å². The fourth-order valence-corrected chi connectivity index (χ4v) is 20.9. The second-order valence-corrected chi connectivity index (χ2v) is 41.7. The van der Waals surface area contributed by atoms with Crippen molar-refractivity contribution in [1.82, 2.24) is 15.1 Å². The Morgan fingerprint density at radius 3 is 1.10 bits per heavy atom. The molecule has 0 radical (unpaired) electrons. The normalized spacial score (nSPS) is 43.8. The minimum atomic E-state index is -1.79. The summed E-state index contributed by atoms with van der Waals surface area (Å²) in [5.74, 6) is -1.13. The number of carboxylic acids is 3. The molecule has 9 aliphatic heterocycles. The predicted molar refractivity (Wildman–Crippen MR) is 370 cm³/mol. The van der Waals surface area contributed by atoms with Crippen LogP contribution in [0.3, 0.4) is 0 Å². The number of nitrogens with one attached hydrogen (secondary N) is 1. The average molecular weight is 1710 g/mol. The average Bonchev–Trinajstić information content (AvgIpc) is 1.57. The quantitative estimate of drug-likeness (QED) is 0.122. The molecule has 3 saturated carbocycles. The topological polar surface area (TPSA) is 456 Å². The van der Waals surface area contributed by atoms with Crippen LogP contribution in [0.2, 0.25) is 0 Å². The summed E-state index contributed by atoms with van der Waals surface area (Å²) in [5.41, 5.74) is 5.57. The monoisotopic (exact) mass is 1710 g/mol. The fourth-order valence-electron chi connectivity index (χ4n) is 20.9. The molecule has 9 unspecified atom stereocenters. The van der Waals surface area contributed by atoms with Crippen LogP contribution in [-0.4, -0.2) is 285 Å². The molecule has 6 aliphatic carbocycles. The van der Waals surface area contributed by atoms with E-state index in [0.717, 1.165) is 111 Å². The maximum absolute atomic E-state index is 11.5. The second kappa shape index (κ2) is 29.2. The summed E-state index contributed by atoms with van der Waals surface area (Å²) >= 11 is 4.74. The van der Waals surface area contributed by atoms with Crippen LogP contribution in [0.4, 0.5) is 0 Å². The molecular formula is C70H93I2N3O27V. The summed E-state index contributed by atoms with van der Waals surface area (Å²) in [6, 6.07) is 12.0. The van der Waals surface area contributed by atoms with Crippen LogP contribution in [0.1, 0.15) is 106 Å². The van der Waals surface area contributed by atoms with Crippen LogP contribution in [0.25, 0.3) is 0 Å². The number of aliphatic hydroxyl groups is 12. The molecule has 569 valence electrons. The van der Waals surface area contributed by atoms with E-state index in [1.54, 1.807) is 18.2 Å². The molecule has 3 aromatic rings. The number of carboxylic acid groups (broad SMARTS) is 3. The summed E-state index contributed by atoms with van der Waals surface area (Å²) in [6.07, 6.45) is -18.6. The second-order valence-electron chi connectivity index (χ2n) is 29.9. The van der Waals surface area contributed by atoms with E-state index in [1.807, 2.05) is 18.2 Å². The van der Waals surface area contributed by atoms with Gasteiger partial charge in [0.25, 0.3) is 0 Å². The van der Waals surface area contributed by atoms with E-state index in [-0.39, 0.29) is 48.3 Å². The molecule has 18 rings (SSSR count). The summed E-state index contributed by atoms with van der Waals surface area (Å²) in [7, 11) is 4.93. The van der Waals surface area contributed by atoms with Crippen molar-refractivity contribution >= 4 is 57.9 Å². The van der Waals surface area contributed by atoms with Gasteiger partial charge < -0.3 is 134 Å². The molecule has 6 bridgehead atoms. The molecule has 3 spiro atoms. The zero-order valence-corrected chi connectivity index (χ0v) is 60.6. The third-order valence-electron chi connectivity index (χ3n) is 25.3. The Morgan fingerprint density at radius 1 is 0.456 bits per heavy atom. The Bertz CT molecular complexity index is 3550. The van der Waals surface area contributed by atoms with Crippen molar-refractivity contribution in [2.24, 2.45) is 17.8 Å². The van der Waals surface area contributed by atoms with Gasteiger partial charge in [0.2, 0.25) is 18.9 Å². The van der Waals surface area contributed by atoms with Gasteiger partial charge in [-0.15, -0.1) is 0 Å². The van der Waals surface area contributed by atoms with Gasteiger partial charge in [-0.05, 0) is 163 Å². The van der Waals surface area contributed by atoms with Crippen molar-refractivity contribution < 1.29 is 143 Å². The fraction of sp³-hybridized carbons (Fsp3) is 0.700. The first-order valence-electron chi connectivity index (χ1n) is 34.6. The number of aliphatic carboxylic acids is 3. The number of aliphatic hydroxyl groups excluding tert-OH is 12. The van der Waals surface area contributed by atoms with Gasteiger partial charge in [-0.3, -0.25) is 0 Å². The summed E-state index contributed by atoms with van der Waals surface area (Å²) < 4.78 is 52.7. The molecular weight excluding hydrogens is 1620 g/mol. The molecule has 0 amide bonds. The van der Waals surface area contributed by atoms with Crippen LogP contribution < -0.4 is 33.7 Å². The Hall–Kier alpha value is -3.81. The molecule has 16 N–H and O–H groups in total. The molecule has 3 aromatic carbocycles. The third-order valence-corrected chi connectivity index (χ3v) is 25.3. The van der Waals surface area contributed by atoms with E-state index in [9.17, 15) is 91.0 Å². The van der Waals surface area contributed by atoms with E-state index < -0.39 is 147 Å². The standard InChI is InChI=1S/2C23H29NO9.C22H27NO9.2CH4.2HI.V/c2*1-24-7-6-23-10-3-4-12(25)20(23)32-18-13(5-2-9(14(18)23)8-11(10)24)31-22-17(28)15(26)16(27)19(33-22)21(29)30;24-11-3-2-9-10-7-8-1-4-12(17-13(8)22(9,5-6-23-10)19(11)31-17)30-21-16(27)14(25)15(26)18(32-21)20(28)29;;;;;/h2*2,5,10-12,15-17,19-20,22,25-28H,3-4,6-8H2,1H3,(H,29,30);1,4,9-11,14-16,18-19,21,23-27H,2-3,5-7H2,(H,28,29);2*1H4;2*1H;/q;;;;;;;+2/p-2/t2*10-,11?,12+,15-,16-,17+,19-,20-,22?,23?;9-,10?,11+,14-,15-,16+,18-,19-,21?,22?;;;;;/m000...../s1. The Kier molecular flexibility index (Phi) is 21.9. The van der Waals surface area contributed by atoms with E-state index in [2.05, 4.69) is 69.2 Å². The van der Waals surface area contributed by atoms with Crippen molar-refractivity contribution in [2.45, 2.75) is 255 Å². The van der Waals surface area contributed by atoms with Crippen molar-refractivity contribution in [3.8, 4) is 34.5 Å². The molecule has 6 saturated heterocycles. The van der Waals surface area contributed by atoms with Crippen LogP contribution in [-0.2, 0) is 73.6 Å². The van der Waals surface area contributed by atoms with Crippen LogP contribution in [0, 0.1) is 17.8 Å². The molecule has 9 fully saturated rings. The van der Waals surface area contributed by atoms with E-state index in [1.165, 1.54) is 0 Å². The number of rotatable bonds is 9. The number of hydrogen-bond acceptors (Lipinski definition) is 27. The van der Waals surface area contributed by atoms with Gasteiger partial charge in [-0.1, -0.05) is 33.1 Å². The zero-order valence-electron chi connectivity index (χ0n) is 54.9. The van der Waals surface area contributed by atoms with Gasteiger partial charge in [-0.2, -0.15) is 0 Å². The van der Waals surface area contributed by atoms with Gasteiger partial charge >= 0.3 is 67.3 Å². The van der Waals surface area contributed by atoms with Crippen molar-refractivity contribution in [3.63, 3.8) is 0 Å². The van der Waals surface area contributed by atoms with Crippen LogP contribution in [0.5, 0.6) is 34.5 Å². The zero-order chi connectivity index (χ0) is 71.5. The van der Waals surface area contributed by atoms with E-state index in [0.29, 0.717) is 81.9 Å². The third kappa shape index (κ3) is 12.0. The predicted octanol–water partition coefficient (Wildman–Crippen LogP) is -0.339. The first kappa shape index (κ1) is 77.4. The molecule has 15 aliphatic rings. The van der Waals surface area contributed by atoms with Crippen molar-refractivity contribution in [2.75, 3.05) is 33.7 Å². The Morgan fingerprint density at radius 2 is 0.767 bits per heavy atom. The molecule has 30 atom stereocenters. The summed E-state index contributed by atoms with van der Waals surface area (Å²) in [6.45, 7) is 2.62. The van der Waals surface area contributed by atoms with E-state index >= 15 is 0 Å². The summed E-state index contributed by atoms with van der Waals surface area (Å²) in [4.78, 5) is 39.1. The maximum atomic E-state index is 11.5. The first-order chi connectivity index (χ1) is 48.2. The van der Waals surface area contributed by atoms with Gasteiger partial charge in [-0.25, -0.2) is 14.4 Å². The van der Waals surface area contributed by atoms with Gasteiger partial charge in [0.1, 0.15) is 73.2 Å². The number of halogens is 2. The number of likely N-dealkylation sites (tertiary alicyclic amines) is 2. The molecule has 0 aromatic heterocycles. The van der Waals surface area contributed by atoms with Gasteiger partial charge in [0.15, 0.2) is 52.8 Å². The molecule has 9 heterocycles. The van der Waals surface area contributed by atoms with Gasteiger partial charge in [0.05, 0.1) is 18.3 Å². The number of carbonyl (C=O) groups is 3. The number of piperidine rings is 3. The number of nitrogens with zero attached hydrogens (tertiary/aromatic N) is 2. The minimum absolute atomic E-state index is 0. The molecule has 30 nitrogen and oxygen atoms in total. The number of ether oxygens (including phenoxy) is 9.